The summed E-state index contributed by atoms with van der Waals surface area (Å²) < 4.78 is 26.4. The summed E-state index contributed by atoms with van der Waals surface area (Å²) in [6.07, 6.45) is 0. The highest BCUT2D eigenvalue weighted by molar-refractivity contribution is 5.94. The number of rotatable bonds is 5. The normalized spacial score (nSPS) is 10.3. The summed E-state index contributed by atoms with van der Waals surface area (Å²) in [5.41, 5.74) is 1.86. The summed E-state index contributed by atoms with van der Waals surface area (Å²) in [4.78, 5) is 25.1. The minimum Gasteiger partial charge on any atom is -0.329 e. The Morgan fingerprint density at radius 3 is 2.33 bits per heavy atom. The highest BCUT2D eigenvalue weighted by atomic mass is 19.1. The van der Waals surface area contributed by atoms with Gasteiger partial charge >= 0.3 is 0 Å². The van der Waals surface area contributed by atoms with E-state index in [2.05, 4.69) is 5.32 Å². The molecule has 0 aromatic heterocycles. The van der Waals surface area contributed by atoms with Crippen molar-refractivity contribution in [3.8, 4) is 0 Å². The van der Waals surface area contributed by atoms with Gasteiger partial charge in [0.25, 0.3) is 0 Å². The number of carbonyl (C=O) groups is 2. The van der Waals surface area contributed by atoms with Gasteiger partial charge in [-0.1, -0.05) is 29.8 Å². The Bertz CT molecular complexity index is 745. The quantitative estimate of drug-likeness (QED) is 0.914. The zero-order valence-electron chi connectivity index (χ0n) is 13.5. The van der Waals surface area contributed by atoms with Gasteiger partial charge in [-0.05, 0) is 24.6 Å². The number of aryl methyl sites for hydroxylation is 1. The lowest BCUT2D eigenvalue weighted by Crippen LogP contribution is -2.36. The Morgan fingerprint density at radius 2 is 1.75 bits per heavy atom. The zero-order valence-corrected chi connectivity index (χ0v) is 13.5. The van der Waals surface area contributed by atoms with Crippen molar-refractivity contribution in [3.05, 3.63) is 65.2 Å². The van der Waals surface area contributed by atoms with Gasteiger partial charge in [0.05, 0.1) is 5.69 Å². The van der Waals surface area contributed by atoms with E-state index in [1.54, 1.807) is 0 Å². The van der Waals surface area contributed by atoms with Gasteiger partial charge in [-0.15, -0.1) is 0 Å². The van der Waals surface area contributed by atoms with Crippen LogP contribution in [0.2, 0.25) is 0 Å². The van der Waals surface area contributed by atoms with E-state index in [0.29, 0.717) is 6.07 Å². The molecule has 24 heavy (non-hydrogen) atoms. The molecule has 0 spiro atoms. The van der Waals surface area contributed by atoms with Crippen molar-refractivity contribution in [3.63, 3.8) is 0 Å². The first-order chi connectivity index (χ1) is 11.3. The molecule has 0 unspecified atom stereocenters. The summed E-state index contributed by atoms with van der Waals surface area (Å²) in [7, 11) is 0. The van der Waals surface area contributed by atoms with Crippen LogP contribution in [-0.4, -0.2) is 23.3 Å². The summed E-state index contributed by atoms with van der Waals surface area (Å²) in [5, 5.41) is 2.34. The molecule has 126 valence electrons. The van der Waals surface area contributed by atoms with Gasteiger partial charge in [-0.3, -0.25) is 9.59 Å². The molecule has 2 aromatic rings. The molecule has 0 aliphatic carbocycles. The fourth-order valence-electron chi connectivity index (χ4n) is 2.15. The van der Waals surface area contributed by atoms with E-state index in [1.807, 2.05) is 31.2 Å². The Hall–Kier alpha value is -2.76. The number of nitrogens with one attached hydrogen (secondary N) is 1. The summed E-state index contributed by atoms with van der Waals surface area (Å²) in [6, 6.07) is 10.5. The number of hydrogen-bond acceptors (Lipinski definition) is 2. The lowest BCUT2D eigenvalue weighted by Gasteiger charge is -2.21. The molecular formula is C18H18F2N2O2. The van der Waals surface area contributed by atoms with Gasteiger partial charge in [0.15, 0.2) is 0 Å². The minimum absolute atomic E-state index is 0.125. The molecule has 2 aromatic carbocycles. The Morgan fingerprint density at radius 1 is 1.08 bits per heavy atom. The smallest absolute Gasteiger partial charge is 0.244 e. The van der Waals surface area contributed by atoms with Gasteiger partial charge in [-0.25, -0.2) is 8.78 Å². The average Bonchev–Trinajstić information content (AvgIpc) is 2.51. The van der Waals surface area contributed by atoms with E-state index in [9.17, 15) is 18.4 Å². The molecule has 2 amide bonds. The molecule has 0 atom stereocenters. The molecule has 0 saturated heterocycles. The second kappa shape index (κ2) is 7.68. The van der Waals surface area contributed by atoms with Gasteiger partial charge < -0.3 is 10.2 Å². The number of amides is 2. The predicted molar refractivity (Wildman–Crippen MR) is 87.3 cm³/mol. The SMILES string of the molecule is CC(=O)N(CC(=O)Nc1ccc(F)cc1F)Cc1ccc(C)cc1. The molecule has 0 aliphatic rings. The molecule has 0 bridgehead atoms. The highest BCUT2D eigenvalue weighted by Gasteiger charge is 2.15. The van der Waals surface area contributed by atoms with Gasteiger partial charge in [0, 0.05) is 19.5 Å². The van der Waals surface area contributed by atoms with Crippen molar-refractivity contribution in [2.24, 2.45) is 0 Å². The zero-order chi connectivity index (χ0) is 17.7. The van der Waals surface area contributed by atoms with Crippen molar-refractivity contribution in [1.82, 2.24) is 4.90 Å². The van der Waals surface area contributed by atoms with Crippen LogP contribution in [0.15, 0.2) is 42.5 Å². The van der Waals surface area contributed by atoms with Crippen LogP contribution in [-0.2, 0) is 16.1 Å². The third-order valence-corrected chi connectivity index (χ3v) is 3.48. The van der Waals surface area contributed by atoms with E-state index in [4.69, 9.17) is 0 Å². The number of benzene rings is 2. The van der Waals surface area contributed by atoms with Crippen LogP contribution in [0.3, 0.4) is 0 Å². The van der Waals surface area contributed by atoms with Crippen molar-refractivity contribution in [2.75, 3.05) is 11.9 Å². The molecule has 0 fully saturated rings. The van der Waals surface area contributed by atoms with Crippen LogP contribution < -0.4 is 5.32 Å². The molecule has 2 rings (SSSR count). The van der Waals surface area contributed by atoms with Crippen molar-refractivity contribution in [2.45, 2.75) is 20.4 Å². The molecular weight excluding hydrogens is 314 g/mol. The average molecular weight is 332 g/mol. The predicted octanol–water partition coefficient (Wildman–Crippen LogP) is 3.26. The van der Waals surface area contributed by atoms with Crippen LogP contribution in [0, 0.1) is 18.6 Å². The first-order valence-electron chi connectivity index (χ1n) is 7.41. The monoisotopic (exact) mass is 332 g/mol. The topological polar surface area (TPSA) is 49.4 Å². The van der Waals surface area contributed by atoms with Crippen LogP contribution in [0.1, 0.15) is 18.1 Å². The lowest BCUT2D eigenvalue weighted by atomic mass is 10.1. The van der Waals surface area contributed by atoms with E-state index in [1.165, 1.54) is 11.8 Å². The first-order valence-corrected chi connectivity index (χ1v) is 7.41. The summed E-state index contributed by atoms with van der Waals surface area (Å²) in [5.74, 6) is -2.42. The van der Waals surface area contributed by atoms with Crippen LogP contribution in [0.4, 0.5) is 14.5 Å². The molecule has 0 heterocycles. The Kier molecular flexibility index (Phi) is 5.63. The Balaban J connectivity index is 2.02. The van der Waals surface area contributed by atoms with Crippen LogP contribution in [0.5, 0.6) is 0 Å². The third-order valence-electron chi connectivity index (χ3n) is 3.48. The number of anilines is 1. The second-order valence-corrected chi connectivity index (χ2v) is 5.53. The van der Waals surface area contributed by atoms with Gasteiger partial charge in [0.2, 0.25) is 11.8 Å². The molecule has 6 heteroatoms. The van der Waals surface area contributed by atoms with E-state index in [0.717, 1.165) is 23.3 Å². The molecule has 0 aliphatic heterocycles. The molecule has 0 radical (unpaired) electrons. The standard InChI is InChI=1S/C18H18F2N2O2/c1-12-3-5-14(6-4-12)10-22(13(2)23)11-18(24)21-17-8-7-15(19)9-16(17)20/h3-9H,10-11H2,1-2H3,(H,21,24). The first kappa shape index (κ1) is 17.6. The Labute approximate surface area is 139 Å². The maximum absolute atomic E-state index is 13.6. The van der Waals surface area contributed by atoms with Crippen LogP contribution >= 0.6 is 0 Å². The molecule has 1 N–H and O–H groups in total. The second-order valence-electron chi connectivity index (χ2n) is 5.53. The lowest BCUT2D eigenvalue weighted by molar-refractivity contribution is -0.133. The van der Waals surface area contributed by atoms with Gasteiger partial charge in [0.1, 0.15) is 18.2 Å². The summed E-state index contributed by atoms with van der Waals surface area (Å²) >= 11 is 0. The van der Waals surface area contributed by atoms with Gasteiger partial charge in [-0.2, -0.15) is 0 Å². The van der Waals surface area contributed by atoms with Crippen molar-refractivity contribution in [1.29, 1.82) is 0 Å². The highest BCUT2D eigenvalue weighted by Crippen LogP contribution is 2.15. The fourth-order valence-corrected chi connectivity index (χ4v) is 2.15. The number of hydrogen-bond donors (Lipinski definition) is 1. The van der Waals surface area contributed by atoms with E-state index in [-0.39, 0.29) is 24.7 Å². The maximum atomic E-state index is 13.6. The number of nitrogens with zero attached hydrogens (tertiary/aromatic N) is 1. The molecule has 4 nitrogen and oxygen atoms in total. The molecule has 0 saturated carbocycles. The maximum Gasteiger partial charge on any atom is 0.244 e. The van der Waals surface area contributed by atoms with Crippen molar-refractivity contribution >= 4 is 17.5 Å². The minimum atomic E-state index is -0.865. The fraction of sp³-hybridized carbons (Fsp3) is 0.222. The van der Waals surface area contributed by atoms with E-state index >= 15 is 0 Å². The summed E-state index contributed by atoms with van der Waals surface area (Å²) in [6.45, 7) is 3.37. The van der Waals surface area contributed by atoms with Crippen molar-refractivity contribution < 1.29 is 18.4 Å². The van der Waals surface area contributed by atoms with Crippen LogP contribution in [0.25, 0.3) is 0 Å². The number of carbonyl (C=O) groups excluding carboxylic acids is 2. The third kappa shape index (κ3) is 4.87. The largest absolute Gasteiger partial charge is 0.329 e. The number of halogens is 2. The van der Waals surface area contributed by atoms with E-state index < -0.39 is 17.5 Å².